The Kier molecular flexibility index (Phi) is 1.91. The van der Waals surface area contributed by atoms with E-state index in [1.54, 1.807) is 6.07 Å². The maximum atomic E-state index is 6.06. The molecule has 3 aromatic rings. The number of nitrogens with two attached hydrogens (primary N) is 1. The third kappa shape index (κ3) is 1.35. The lowest BCUT2D eigenvalue weighted by atomic mass is 10.2. The van der Waals surface area contributed by atoms with Crippen LogP contribution in [0.1, 0.15) is 0 Å². The SMILES string of the molecule is Nc1cc(-c2cc3cccc(Cl)c3[nH]2)on1. The van der Waals surface area contributed by atoms with Gasteiger partial charge < -0.3 is 15.2 Å². The number of para-hydroxylation sites is 1. The Morgan fingerprint density at radius 1 is 1.31 bits per heavy atom. The van der Waals surface area contributed by atoms with E-state index in [0.717, 1.165) is 16.6 Å². The lowest BCUT2D eigenvalue weighted by molar-refractivity contribution is 0.435. The predicted octanol–water partition coefficient (Wildman–Crippen LogP) is 3.06. The van der Waals surface area contributed by atoms with Gasteiger partial charge in [-0.2, -0.15) is 0 Å². The number of benzene rings is 1. The monoisotopic (exact) mass is 233 g/mol. The lowest BCUT2D eigenvalue weighted by Gasteiger charge is -1.91. The Balaban J connectivity index is 2.22. The second-order valence-electron chi connectivity index (χ2n) is 3.50. The molecule has 0 fully saturated rings. The molecule has 0 aliphatic rings. The Morgan fingerprint density at radius 2 is 2.19 bits per heavy atom. The quantitative estimate of drug-likeness (QED) is 0.679. The number of fused-ring (bicyclic) bond motifs is 1. The Labute approximate surface area is 96.0 Å². The molecule has 16 heavy (non-hydrogen) atoms. The zero-order valence-electron chi connectivity index (χ0n) is 8.20. The number of nitrogens with zero attached hydrogens (tertiary/aromatic N) is 1. The number of aromatic amines is 1. The van der Waals surface area contributed by atoms with Crippen molar-refractivity contribution in [3.05, 3.63) is 35.4 Å². The van der Waals surface area contributed by atoms with Gasteiger partial charge in [0.1, 0.15) is 0 Å². The molecule has 0 saturated carbocycles. The van der Waals surface area contributed by atoms with Gasteiger partial charge in [0.2, 0.25) is 0 Å². The number of anilines is 1. The molecule has 0 spiro atoms. The second-order valence-corrected chi connectivity index (χ2v) is 3.91. The normalized spacial score (nSPS) is 11.1. The van der Waals surface area contributed by atoms with Crippen molar-refractivity contribution in [1.82, 2.24) is 10.1 Å². The molecule has 0 radical (unpaired) electrons. The van der Waals surface area contributed by atoms with Crippen molar-refractivity contribution in [2.75, 3.05) is 5.73 Å². The summed E-state index contributed by atoms with van der Waals surface area (Å²) >= 11 is 6.06. The van der Waals surface area contributed by atoms with Gasteiger partial charge in [0.25, 0.3) is 0 Å². The highest BCUT2D eigenvalue weighted by Crippen LogP contribution is 2.28. The molecule has 2 aromatic heterocycles. The molecule has 0 aliphatic carbocycles. The van der Waals surface area contributed by atoms with Crippen molar-refractivity contribution in [2.45, 2.75) is 0 Å². The number of hydrogen-bond acceptors (Lipinski definition) is 3. The number of nitrogen functional groups attached to an aromatic ring is 1. The fourth-order valence-corrected chi connectivity index (χ4v) is 1.90. The van der Waals surface area contributed by atoms with Crippen LogP contribution in [0.3, 0.4) is 0 Å². The summed E-state index contributed by atoms with van der Waals surface area (Å²) in [4.78, 5) is 3.17. The van der Waals surface area contributed by atoms with Crippen molar-refractivity contribution in [3.63, 3.8) is 0 Å². The first-order valence-electron chi connectivity index (χ1n) is 4.74. The average molecular weight is 234 g/mol. The van der Waals surface area contributed by atoms with E-state index in [2.05, 4.69) is 10.1 Å². The van der Waals surface area contributed by atoms with Gasteiger partial charge in [0.15, 0.2) is 11.6 Å². The Hall–Kier alpha value is -1.94. The van der Waals surface area contributed by atoms with Crippen LogP contribution >= 0.6 is 11.6 Å². The van der Waals surface area contributed by atoms with Gasteiger partial charge >= 0.3 is 0 Å². The molecule has 3 N–H and O–H groups in total. The summed E-state index contributed by atoms with van der Waals surface area (Å²) in [5.74, 6) is 0.963. The van der Waals surface area contributed by atoms with Gasteiger partial charge in [-0.1, -0.05) is 28.9 Å². The van der Waals surface area contributed by atoms with E-state index in [4.69, 9.17) is 21.9 Å². The zero-order valence-corrected chi connectivity index (χ0v) is 8.95. The smallest absolute Gasteiger partial charge is 0.185 e. The highest BCUT2D eigenvalue weighted by Gasteiger charge is 2.09. The van der Waals surface area contributed by atoms with Crippen molar-refractivity contribution in [2.24, 2.45) is 0 Å². The first-order chi connectivity index (χ1) is 7.74. The van der Waals surface area contributed by atoms with Gasteiger partial charge in [-0.25, -0.2) is 0 Å². The fourth-order valence-electron chi connectivity index (χ4n) is 1.67. The minimum absolute atomic E-state index is 0.361. The molecule has 5 heteroatoms. The summed E-state index contributed by atoms with van der Waals surface area (Å²) in [5, 5.41) is 5.34. The molecule has 4 nitrogen and oxygen atoms in total. The largest absolute Gasteiger partial charge is 0.381 e. The number of halogens is 1. The molecule has 0 aliphatic heterocycles. The molecule has 0 atom stereocenters. The summed E-state index contributed by atoms with van der Waals surface area (Å²) < 4.78 is 5.07. The standard InChI is InChI=1S/C11H8ClN3O/c12-7-3-1-2-6-4-8(14-11(6)7)9-5-10(13)15-16-9/h1-5,14H,(H2,13,15). The summed E-state index contributed by atoms with van der Waals surface area (Å²) in [5.41, 5.74) is 7.19. The van der Waals surface area contributed by atoms with Crippen LogP contribution in [0.25, 0.3) is 22.4 Å². The van der Waals surface area contributed by atoms with Crippen LogP contribution < -0.4 is 5.73 Å². The van der Waals surface area contributed by atoms with Crippen LogP contribution in [0.2, 0.25) is 5.02 Å². The Bertz CT molecular complexity index is 656. The van der Waals surface area contributed by atoms with E-state index in [1.165, 1.54) is 0 Å². The average Bonchev–Trinajstić information content (AvgIpc) is 2.84. The minimum Gasteiger partial charge on any atom is -0.381 e. The van der Waals surface area contributed by atoms with E-state index in [-0.39, 0.29) is 0 Å². The molecular weight excluding hydrogens is 226 g/mol. The highest BCUT2D eigenvalue weighted by atomic mass is 35.5. The fraction of sp³-hybridized carbons (Fsp3) is 0. The number of hydrogen-bond donors (Lipinski definition) is 2. The first-order valence-corrected chi connectivity index (χ1v) is 5.11. The van der Waals surface area contributed by atoms with E-state index in [0.29, 0.717) is 16.6 Å². The predicted molar refractivity (Wildman–Crippen MR) is 63.2 cm³/mol. The number of nitrogens with one attached hydrogen (secondary N) is 1. The summed E-state index contributed by atoms with van der Waals surface area (Å²) in [7, 11) is 0. The van der Waals surface area contributed by atoms with Crippen LogP contribution in [0.15, 0.2) is 34.9 Å². The van der Waals surface area contributed by atoms with E-state index >= 15 is 0 Å². The molecular formula is C11H8ClN3O. The van der Waals surface area contributed by atoms with Gasteiger partial charge in [-0.15, -0.1) is 0 Å². The van der Waals surface area contributed by atoms with Crippen LogP contribution in [-0.4, -0.2) is 10.1 Å². The molecule has 3 rings (SSSR count). The second kappa shape index (κ2) is 3.28. The number of rotatable bonds is 1. The van der Waals surface area contributed by atoms with Crippen LogP contribution in [-0.2, 0) is 0 Å². The van der Waals surface area contributed by atoms with Crippen molar-refractivity contribution in [3.8, 4) is 11.5 Å². The minimum atomic E-state index is 0.361. The summed E-state index contributed by atoms with van der Waals surface area (Å²) in [6.07, 6.45) is 0. The van der Waals surface area contributed by atoms with E-state index < -0.39 is 0 Å². The van der Waals surface area contributed by atoms with Crippen molar-refractivity contribution in [1.29, 1.82) is 0 Å². The molecule has 0 bridgehead atoms. The van der Waals surface area contributed by atoms with Crippen molar-refractivity contribution < 1.29 is 4.52 Å². The van der Waals surface area contributed by atoms with Gasteiger partial charge in [-0.05, 0) is 12.1 Å². The van der Waals surface area contributed by atoms with E-state index in [9.17, 15) is 0 Å². The molecule has 0 amide bonds. The molecule has 2 heterocycles. The van der Waals surface area contributed by atoms with Crippen LogP contribution in [0, 0.1) is 0 Å². The Morgan fingerprint density at radius 3 is 2.88 bits per heavy atom. The molecule has 80 valence electrons. The number of H-pyrrole nitrogens is 1. The van der Waals surface area contributed by atoms with Crippen LogP contribution in [0.4, 0.5) is 5.82 Å². The number of aromatic nitrogens is 2. The maximum Gasteiger partial charge on any atom is 0.185 e. The molecule has 0 unspecified atom stereocenters. The van der Waals surface area contributed by atoms with Gasteiger partial charge in [-0.3, -0.25) is 0 Å². The topological polar surface area (TPSA) is 67.8 Å². The van der Waals surface area contributed by atoms with Crippen LogP contribution in [0.5, 0.6) is 0 Å². The highest BCUT2D eigenvalue weighted by molar-refractivity contribution is 6.35. The summed E-state index contributed by atoms with van der Waals surface area (Å²) in [6, 6.07) is 9.32. The van der Waals surface area contributed by atoms with Gasteiger partial charge in [0.05, 0.1) is 16.2 Å². The van der Waals surface area contributed by atoms with E-state index in [1.807, 2.05) is 24.3 Å². The third-order valence-corrected chi connectivity index (χ3v) is 2.71. The first kappa shape index (κ1) is 9.30. The third-order valence-electron chi connectivity index (χ3n) is 2.40. The molecule has 1 aromatic carbocycles. The van der Waals surface area contributed by atoms with Gasteiger partial charge in [0, 0.05) is 11.5 Å². The summed E-state index contributed by atoms with van der Waals surface area (Å²) in [6.45, 7) is 0. The molecule has 0 saturated heterocycles. The maximum absolute atomic E-state index is 6.06. The zero-order chi connectivity index (χ0) is 11.1. The lowest BCUT2D eigenvalue weighted by Crippen LogP contribution is -1.79. The van der Waals surface area contributed by atoms with Crippen molar-refractivity contribution >= 4 is 28.3 Å².